The maximum absolute atomic E-state index is 11.6. The molecule has 1 unspecified atom stereocenters. The van der Waals surface area contributed by atoms with E-state index in [1.807, 2.05) is 39.8 Å². The molecule has 0 saturated carbocycles. The van der Waals surface area contributed by atoms with E-state index in [4.69, 9.17) is 9.62 Å². The summed E-state index contributed by atoms with van der Waals surface area (Å²) in [6.07, 6.45) is 0.413. The van der Waals surface area contributed by atoms with Gasteiger partial charge in [-0.1, -0.05) is 0 Å². The van der Waals surface area contributed by atoms with Gasteiger partial charge in [-0.2, -0.15) is 4.89 Å². The fraction of sp³-hybridized carbons (Fsp3) is 0.562. The maximum Gasteiger partial charge on any atom is 0.407 e. The molecule has 8 heteroatoms. The van der Waals surface area contributed by atoms with Gasteiger partial charge in [0.1, 0.15) is 5.60 Å². The second-order valence-electron chi connectivity index (χ2n) is 6.17. The van der Waals surface area contributed by atoms with E-state index in [-0.39, 0.29) is 12.1 Å². The molecular weight excluding hydrogens is 332 g/mol. The van der Waals surface area contributed by atoms with Crippen LogP contribution in [0.1, 0.15) is 34.1 Å². The van der Waals surface area contributed by atoms with E-state index in [1.54, 1.807) is 12.1 Å². The van der Waals surface area contributed by atoms with Crippen LogP contribution in [0.15, 0.2) is 29.2 Å². The van der Waals surface area contributed by atoms with Crippen LogP contribution >= 0.6 is 0 Å². The molecule has 0 bridgehead atoms. The summed E-state index contributed by atoms with van der Waals surface area (Å²) in [5, 5.41) is 7.20. The zero-order valence-corrected chi connectivity index (χ0v) is 15.7. The first-order valence-corrected chi connectivity index (χ1v) is 8.60. The Morgan fingerprint density at radius 1 is 1.25 bits per heavy atom. The van der Waals surface area contributed by atoms with Gasteiger partial charge in [-0.05, 0) is 63.4 Å². The average molecular weight is 359 g/mol. The van der Waals surface area contributed by atoms with E-state index < -0.39 is 5.60 Å². The molecule has 0 aliphatic rings. The third-order valence-corrected chi connectivity index (χ3v) is 3.63. The van der Waals surface area contributed by atoms with Crippen LogP contribution in [0.3, 0.4) is 0 Å². The van der Waals surface area contributed by atoms with Crippen molar-refractivity contribution in [1.29, 1.82) is 0 Å². The molecule has 0 heterocycles. The molecule has 136 valence electrons. The molecule has 1 aromatic rings. The molecular formula is C16H27N2O5S+. The van der Waals surface area contributed by atoms with E-state index in [2.05, 4.69) is 20.0 Å². The molecule has 0 saturated heterocycles. The van der Waals surface area contributed by atoms with Crippen molar-refractivity contribution in [2.45, 2.75) is 50.7 Å². The van der Waals surface area contributed by atoms with Crippen molar-refractivity contribution < 1.29 is 24.3 Å². The van der Waals surface area contributed by atoms with E-state index in [9.17, 15) is 4.79 Å². The minimum absolute atomic E-state index is 0.0320. The summed E-state index contributed by atoms with van der Waals surface area (Å²) >= 11 is 0.985. The van der Waals surface area contributed by atoms with Crippen molar-refractivity contribution >= 4 is 18.0 Å². The van der Waals surface area contributed by atoms with Gasteiger partial charge in [0, 0.05) is 12.6 Å². The van der Waals surface area contributed by atoms with Crippen LogP contribution in [0.4, 0.5) is 4.79 Å². The van der Waals surface area contributed by atoms with E-state index in [1.165, 1.54) is 7.11 Å². The SMILES string of the molecule is COOOc1ccc([SH+]NCCC(C)NC(=O)OC(C)(C)C)cc1. The number of hydrogen-bond acceptors (Lipinski definition) is 6. The van der Waals surface area contributed by atoms with Gasteiger partial charge in [-0.25, -0.2) is 4.79 Å². The maximum atomic E-state index is 11.6. The standard InChI is InChI=1S/C16H26N2O5S/c1-12(18-15(19)21-16(2,3)4)10-11-17-24-14-8-6-13(7-9-14)22-23-20-5/h6-9,12,17H,10-11H2,1-5H3,(H,18,19)/p+1. The topological polar surface area (TPSA) is 78.0 Å². The summed E-state index contributed by atoms with van der Waals surface area (Å²) in [5.41, 5.74) is -0.481. The smallest absolute Gasteiger partial charge is 0.407 e. The molecule has 0 aliphatic carbocycles. The number of rotatable bonds is 9. The lowest BCUT2D eigenvalue weighted by molar-refractivity contribution is -0.453. The highest BCUT2D eigenvalue weighted by Crippen LogP contribution is 2.13. The molecule has 0 spiro atoms. The Morgan fingerprint density at radius 3 is 2.50 bits per heavy atom. The fourth-order valence-corrected chi connectivity index (χ4v) is 2.38. The monoisotopic (exact) mass is 359 g/mol. The van der Waals surface area contributed by atoms with Gasteiger partial charge in [0.25, 0.3) is 0 Å². The van der Waals surface area contributed by atoms with Crippen LogP contribution in [0.5, 0.6) is 5.75 Å². The van der Waals surface area contributed by atoms with E-state index >= 15 is 0 Å². The lowest BCUT2D eigenvalue weighted by Gasteiger charge is -2.21. The first-order valence-electron chi connectivity index (χ1n) is 7.70. The van der Waals surface area contributed by atoms with Crippen LogP contribution in [0, 0.1) is 0 Å². The van der Waals surface area contributed by atoms with Crippen LogP contribution in [0.25, 0.3) is 0 Å². The van der Waals surface area contributed by atoms with E-state index in [0.29, 0.717) is 5.75 Å². The molecule has 2 N–H and O–H groups in total. The van der Waals surface area contributed by atoms with Gasteiger partial charge in [-0.15, -0.1) is 4.72 Å². The number of carbonyl (C=O) groups excluding carboxylic acids is 1. The lowest BCUT2D eigenvalue weighted by atomic mass is 10.2. The van der Waals surface area contributed by atoms with Crippen molar-refractivity contribution in [3.05, 3.63) is 24.3 Å². The van der Waals surface area contributed by atoms with Gasteiger partial charge in [0.15, 0.2) is 10.6 Å². The number of carbonyl (C=O) groups is 1. The normalized spacial score (nSPS) is 12.5. The Morgan fingerprint density at radius 2 is 1.92 bits per heavy atom. The highest BCUT2D eigenvalue weighted by molar-refractivity contribution is 7.76. The molecule has 1 aromatic carbocycles. The summed E-state index contributed by atoms with van der Waals surface area (Å²) in [6.45, 7) is 8.24. The van der Waals surface area contributed by atoms with Crippen molar-refractivity contribution in [3.8, 4) is 5.75 Å². The fourth-order valence-electron chi connectivity index (χ4n) is 1.66. The van der Waals surface area contributed by atoms with Crippen LogP contribution in [0.2, 0.25) is 0 Å². The van der Waals surface area contributed by atoms with Gasteiger partial charge < -0.3 is 14.9 Å². The Balaban J connectivity index is 2.19. The second kappa shape index (κ2) is 10.4. The number of ether oxygens (including phenoxy) is 1. The predicted octanol–water partition coefficient (Wildman–Crippen LogP) is 2.54. The summed E-state index contributed by atoms with van der Waals surface area (Å²) in [4.78, 5) is 21.9. The number of benzene rings is 1. The third kappa shape index (κ3) is 9.61. The van der Waals surface area contributed by atoms with Crippen molar-refractivity contribution in [1.82, 2.24) is 10.0 Å². The van der Waals surface area contributed by atoms with Gasteiger partial charge in [-0.3, -0.25) is 0 Å². The molecule has 0 fully saturated rings. The minimum atomic E-state index is -0.481. The third-order valence-electron chi connectivity index (χ3n) is 2.70. The Labute approximate surface area is 147 Å². The summed E-state index contributed by atoms with van der Waals surface area (Å²) in [5.74, 6) is 0.561. The molecule has 7 nitrogen and oxygen atoms in total. The summed E-state index contributed by atoms with van der Waals surface area (Å²) < 4.78 is 8.52. The second-order valence-corrected chi connectivity index (χ2v) is 7.22. The largest absolute Gasteiger partial charge is 0.444 e. The number of hydrogen-bond donors (Lipinski definition) is 2. The number of amides is 1. The summed E-state index contributed by atoms with van der Waals surface area (Å²) in [7, 11) is 1.37. The predicted molar refractivity (Wildman–Crippen MR) is 93.6 cm³/mol. The lowest BCUT2D eigenvalue weighted by Crippen LogP contribution is -2.38. The molecule has 1 amide bonds. The van der Waals surface area contributed by atoms with Crippen molar-refractivity contribution in [2.75, 3.05) is 13.7 Å². The number of nitrogens with one attached hydrogen (secondary N) is 2. The van der Waals surface area contributed by atoms with Gasteiger partial charge in [0.05, 0.1) is 19.1 Å². The highest BCUT2D eigenvalue weighted by Gasteiger charge is 2.17. The number of alkyl carbamates (subject to hydrolysis) is 1. The first-order chi connectivity index (χ1) is 11.3. The van der Waals surface area contributed by atoms with Crippen molar-refractivity contribution in [2.24, 2.45) is 0 Å². The molecule has 24 heavy (non-hydrogen) atoms. The zero-order valence-electron chi connectivity index (χ0n) is 14.8. The van der Waals surface area contributed by atoms with Crippen LogP contribution in [-0.2, 0) is 26.6 Å². The average Bonchev–Trinajstić information content (AvgIpc) is 2.48. The van der Waals surface area contributed by atoms with Crippen molar-refractivity contribution in [3.63, 3.8) is 0 Å². The Bertz CT molecular complexity index is 490. The Hall–Kier alpha value is -1.48. The molecule has 0 aromatic heterocycles. The van der Waals surface area contributed by atoms with E-state index in [0.717, 1.165) is 29.8 Å². The van der Waals surface area contributed by atoms with Gasteiger partial charge in [0.2, 0.25) is 0 Å². The van der Waals surface area contributed by atoms with Crippen LogP contribution in [-0.4, -0.2) is 31.4 Å². The van der Waals surface area contributed by atoms with Crippen LogP contribution < -0.4 is 14.9 Å². The molecule has 0 aliphatic heterocycles. The van der Waals surface area contributed by atoms with Gasteiger partial charge >= 0.3 is 6.09 Å². The Kier molecular flexibility index (Phi) is 8.91. The quantitative estimate of drug-likeness (QED) is 0.232. The minimum Gasteiger partial charge on any atom is -0.444 e. The highest BCUT2D eigenvalue weighted by atomic mass is 32.2. The summed E-state index contributed by atoms with van der Waals surface area (Å²) in [6, 6.07) is 7.45. The molecule has 0 radical (unpaired) electrons. The zero-order chi connectivity index (χ0) is 18.0. The first kappa shape index (κ1) is 20.6. The molecule has 1 rings (SSSR count). The number of thiol groups is 1. The molecule has 1 atom stereocenters.